The lowest BCUT2D eigenvalue weighted by atomic mass is 10.2. The highest BCUT2D eigenvalue weighted by Gasteiger charge is 2.19. The van der Waals surface area contributed by atoms with E-state index in [2.05, 4.69) is 0 Å². The molecule has 8 nitrogen and oxygen atoms in total. The van der Waals surface area contributed by atoms with Crippen LogP contribution in [-0.4, -0.2) is 69.5 Å². The molecule has 0 unspecified atom stereocenters. The third kappa shape index (κ3) is 6.89. The molecule has 0 spiro atoms. The van der Waals surface area contributed by atoms with Gasteiger partial charge in [0.1, 0.15) is 19.0 Å². The van der Waals surface area contributed by atoms with E-state index < -0.39 is 5.97 Å². The Balaban J connectivity index is 1.52. The largest absolute Gasteiger partial charge is 0.490 e. The van der Waals surface area contributed by atoms with Gasteiger partial charge in [-0.05, 0) is 37.3 Å². The number of hydrogen-bond donors (Lipinski definition) is 0. The van der Waals surface area contributed by atoms with Crippen molar-refractivity contribution < 1.29 is 33.3 Å². The SMILES string of the molecule is CCOc1cc(C(=O)OCC(=O)N2CCOCC2)ccc1OCCOc1ccccc1. The fraction of sp³-hybridized carbons (Fsp3) is 0.391. The maximum atomic E-state index is 12.4. The molecule has 166 valence electrons. The van der Waals surface area contributed by atoms with Gasteiger partial charge in [0.2, 0.25) is 0 Å². The average Bonchev–Trinajstić information content (AvgIpc) is 2.82. The summed E-state index contributed by atoms with van der Waals surface area (Å²) >= 11 is 0. The van der Waals surface area contributed by atoms with Crippen LogP contribution in [0.3, 0.4) is 0 Å². The summed E-state index contributed by atoms with van der Waals surface area (Å²) in [5.74, 6) is 0.859. The van der Waals surface area contributed by atoms with Gasteiger partial charge in [-0.1, -0.05) is 18.2 Å². The van der Waals surface area contributed by atoms with E-state index in [-0.39, 0.29) is 18.1 Å². The molecule has 1 fully saturated rings. The Hall–Kier alpha value is -3.26. The van der Waals surface area contributed by atoms with Crippen molar-refractivity contribution in [2.45, 2.75) is 6.92 Å². The molecule has 0 atom stereocenters. The van der Waals surface area contributed by atoms with Crippen LogP contribution in [0.1, 0.15) is 17.3 Å². The molecule has 0 aromatic heterocycles. The fourth-order valence-corrected chi connectivity index (χ4v) is 2.97. The standard InChI is InChI=1S/C23H27NO7/c1-2-28-21-16-18(23(26)31-17-22(25)24-10-12-27-13-11-24)8-9-20(21)30-15-14-29-19-6-4-3-5-7-19/h3-9,16H,2,10-15,17H2,1H3. The quantitative estimate of drug-likeness (QED) is 0.424. The van der Waals surface area contributed by atoms with Crippen molar-refractivity contribution in [2.75, 3.05) is 52.7 Å². The highest BCUT2D eigenvalue weighted by atomic mass is 16.5. The molecule has 1 heterocycles. The summed E-state index contributed by atoms with van der Waals surface area (Å²) in [6, 6.07) is 14.2. The van der Waals surface area contributed by atoms with Crippen molar-refractivity contribution in [2.24, 2.45) is 0 Å². The van der Waals surface area contributed by atoms with Gasteiger partial charge in [0.15, 0.2) is 18.1 Å². The van der Waals surface area contributed by atoms with E-state index in [0.29, 0.717) is 57.6 Å². The van der Waals surface area contributed by atoms with Crippen molar-refractivity contribution >= 4 is 11.9 Å². The molecule has 2 aromatic rings. The van der Waals surface area contributed by atoms with Gasteiger partial charge >= 0.3 is 5.97 Å². The van der Waals surface area contributed by atoms with E-state index in [1.165, 1.54) is 0 Å². The van der Waals surface area contributed by atoms with Crippen LogP contribution in [0, 0.1) is 0 Å². The zero-order valence-electron chi connectivity index (χ0n) is 17.6. The van der Waals surface area contributed by atoms with Gasteiger partial charge in [-0.25, -0.2) is 4.79 Å². The lowest BCUT2D eigenvalue weighted by Crippen LogP contribution is -2.42. The monoisotopic (exact) mass is 429 g/mol. The first-order chi connectivity index (χ1) is 15.2. The van der Waals surface area contributed by atoms with Gasteiger partial charge in [0.05, 0.1) is 25.4 Å². The molecule has 3 rings (SSSR count). The number of ether oxygens (including phenoxy) is 5. The van der Waals surface area contributed by atoms with Crippen LogP contribution in [0.15, 0.2) is 48.5 Å². The van der Waals surface area contributed by atoms with Gasteiger partial charge in [0.25, 0.3) is 5.91 Å². The Morgan fingerprint density at radius 2 is 1.68 bits per heavy atom. The van der Waals surface area contributed by atoms with Crippen molar-refractivity contribution in [3.05, 3.63) is 54.1 Å². The minimum atomic E-state index is -0.596. The Morgan fingerprint density at radius 1 is 0.935 bits per heavy atom. The number of benzene rings is 2. The number of nitrogens with zero attached hydrogens (tertiary/aromatic N) is 1. The van der Waals surface area contributed by atoms with Crippen LogP contribution >= 0.6 is 0 Å². The smallest absolute Gasteiger partial charge is 0.338 e. The molecule has 0 saturated carbocycles. The summed E-state index contributed by atoms with van der Waals surface area (Å²) in [4.78, 5) is 26.1. The second-order valence-corrected chi connectivity index (χ2v) is 6.67. The van der Waals surface area contributed by atoms with E-state index in [4.69, 9.17) is 23.7 Å². The van der Waals surface area contributed by atoms with E-state index in [1.807, 2.05) is 37.3 Å². The van der Waals surface area contributed by atoms with Crippen LogP contribution < -0.4 is 14.2 Å². The number of para-hydroxylation sites is 1. The zero-order chi connectivity index (χ0) is 21.9. The average molecular weight is 429 g/mol. The first-order valence-electron chi connectivity index (χ1n) is 10.3. The Bertz CT molecular complexity index is 850. The third-order valence-corrected chi connectivity index (χ3v) is 4.52. The topological polar surface area (TPSA) is 83.5 Å². The summed E-state index contributed by atoms with van der Waals surface area (Å²) in [6.07, 6.45) is 0. The summed E-state index contributed by atoms with van der Waals surface area (Å²) < 4.78 is 27.4. The third-order valence-electron chi connectivity index (χ3n) is 4.52. The molecule has 0 N–H and O–H groups in total. The maximum Gasteiger partial charge on any atom is 0.338 e. The Morgan fingerprint density at radius 3 is 2.42 bits per heavy atom. The first kappa shape index (κ1) is 22.4. The molecular weight excluding hydrogens is 402 g/mol. The molecular formula is C23H27NO7. The van der Waals surface area contributed by atoms with Gasteiger partial charge < -0.3 is 28.6 Å². The van der Waals surface area contributed by atoms with Crippen LogP contribution in [0.25, 0.3) is 0 Å². The van der Waals surface area contributed by atoms with Crippen molar-refractivity contribution in [3.63, 3.8) is 0 Å². The lowest BCUT2D eigenvalue weighted by molar-refractivity contribution is -0.138. The molecule has 31 heavy (non-hydrogen) atoms. The molecule has 0 bridgehead atoms. The van der Waals surface area contributed by atoms with Crippen LogP contribution in [0.5, 0.6) is 17.2 Å². The zero-order valence-corrected chi connectivity index (χ0v) is 17.6. The van der Waals surface area contributed by atoms with Crippen LogP contribution in [-0.2, 0) is 14.3 Å². The van der Waals surface area contributed by atoms with Gasteiger partial charge in [-0.15, -0.1) is 0 Å². The second kappa shape index (κ2) is 11.8. The number of hydrogen-bond acceptors (Lipinski definition) is 7. The van der Waals surface area contributed by atoms with Gasteiger partial charge in [-0.3, -0.25) is 4.79 Å². The highest BCUT2D eigenvalue weighted by Crippen LogP contribution is 2.29. The Labute approximate surface area is 181 Å². The van der Waals surface area contributed by atoms with Crippen LogP contribution in [0.2, 0.25) is 0 Å². The molecule has 1 aliphatic rings. The molecule has 0 radical (unpaired) electrons. The summed E-state index contributed by atoms with van der Waals surface area (Å²) in [7, 11) is 0. The number of rotatable bonds is 10. The van der Waals surface area contributed by atoms with E-state index in [0.717, 1.165) is 5.75 Å². The van der Waals surface area contributed by atoms with E-state index in [1.54, 1.807) is 23.1 Å². The number of carbonyl (C=O) groups excluding carboxylic acids is 2. The normalized spacial score (nSPS) is 13.4. The lowest BCUT2D eigenvalue weighted by Gasteiger charge is -2.26. The van der Waals surface area contributed by atoms with Crippen molar-refractivity contribution in [1.82, 2.24) is 4.90 Å². The maximum absolute atomic E-state index is 12.4. The first-order valence-corrected chi connectivity index (χ1v) is 10.3. The predicted molar refractivity (Wildman–Crippen MR) is 113 cm³/mol. The van der Waals surface area contributed by atoms with E-state index in [9.17, 15) is 9.59 Å². The summed E-state index contributed by atoms with van der Waals surface area (Å²) in [5, 5.41) is 0. The minimum Gasteiger partial charge on any atom is -0.490 e. The fourth-order valence-electron chi connectivity index (χ4n) is 2.97. The molecule has 0 aliphatic carbocycles. The molecule has 1 saturated heterocycles. The molecule has 2 aromatic carbocycles. The number of carbonyl (C=O) groups is 2. The summed E-state index contributed by atoms with van der Waals surface area (Å²) in [5.41, 5.74) is 0.283. The van der Waals surface area contributed by atoms with Crippen molar-refractivity contribution in [1.29, 1.82) is 0 Å². The molecule has 8 heteroatoms. The number of esters is 1. The van der Waals surface area contributed by atoms with Gasteiger partial charge in [0, 0.05) is 13.1 Å². The summed E-state index contributed by atoms with van der Waals surface area (Å²) in [6.45, 7) is 4.62. The van der Waals surface area contributed by atoms with Crippen LogP contribution in [0.4, 0.5) is 0 Å². The van der Waals surface area contributed by atoms with Crippen molar-refractivity contribution in [3.8, 4) is 17.2 Å². The number of amides is 1. The predicted octanol–water partition coefficient (Wildman–Crippen LogP) is 2.56. The minimum absolute atomic E-state index is 0.236. The van der Waals surface area contributed by atoms with E-state index >= 15 is 0 Å². The number of morpholine rings is 1. The highest BCUT2D eigenvalue weighted by molar-refractivity contribution is 5.92. The van der Waals surface area contributed by atoms with Gasteiger partial charge in [-0.2, -0.15) is 0 Å². The molecule has 1 amide bonds. The Kier molecular flexibility index (Phi) is 8.54. The second-order valence-electron chi connectivity index (χ2n) is 6.67. The molecule has 1 aliphatic heterocycles.